The lowest BCUT2D eigenvalue weighted by molar-refractivity contribution is -0.121. The number of rotatable bonds is 5. The molecule has 1 aromatic rings. The van der Waals surface area contributed by atoms with Crippen LogP contribution in [-0.2, 0) is 11.3 Å². The number of methoxy groups -OCH3 is 1. The maximum atomic E-state index is 11.0. The van der Waals surface area contributed by atoms with E-state index in [4.69, 9.17) is 9.84 Å². The number of hydrogen-bond donors (Lipinski definition) is 2. The van der Waals surface area contributed by atoms with Crippen molar-refractivity contribution in [2.45, 2.75) is 13.0 Å². The van der Waals surface area contributed by atoms with Crippen molar-refractivity contribution in [2.75, 3.05) is 13.7 Å². The van der Waals surface area contributed by atoms with Crippen molar-refractivity contribution in [3.8, 4) is 5.75 Å². The van der Waals surface area contributed by atoms with Crippen LogP contribution < -0.4 is 10.1 Å². The number of hydrogen-bond acceptors (Lipinski definition) is 3. The van der Waals surface area contributed by atoms with Crippen LogP contribution in [0.2, 0.25) is 0 Å². The number of aliphatic hydroxyl groups excluding tert-OH is 1. The fraction of sp³-hybridized carbons (Fsp3) is 0.364. The Balaban J connectivity index is 2.40. The van der Waals surface area contributed by atoms with Crippen LogP contribution in [0, 0.1) is 0 Å². The first-order valence-electron chi connectivity index (χ1n) is 4.76. The van der Waals surface area contributed by atoms with Crippen LogP contribution in [0.5, 0.6) is 5.75 Å². The fourth-order valence-corrected chi connectivity index (χ4v) is 1.13. The molecule has 0 saturated carbocycles. The summed E-state index contributed by atoms with van der Waals surface area (Å²) in [5.74, 6) is 0.647. The minimum Gasteiger partial charge on any atom is -0.497 e. The second kappa shape index (κ2) is 6.03. The molecule has 1 aromatic carbocycles. The molecule has 0 aliphatic heterocycles. The molecule has 82 valence electrons. The van der Waals surface area contributed by atoms with Gasteiger partial charge in [-0.05, 0) is 17.7 Å². The molecule has 0 bridgehead atoms. The fourth-order valence-electron chi connectivity index (χ4n) is 1.13. The molecule has 0 heterocycles. The molecule has 0 unspecified atom stereocenters. The van der Waals surface area contributed by atoms with Crippen molar-refractivity contribution in [1.29, 1.82) is 0 Å². The monoisotopic (exact) mass is 209 g/mol. The predicted molar refractivity (Wildman–Crippen MR) is 56.5 cm³/mol. The SMILES string of the molecule is COc1ccc(CNC(=O)CCO)cc1. The van der Waals surface area contributed by atoms with Gasteiger partial charge in [-0.25, -0.2) is 0 Å². The van der Waals surface area contributed by atoms with Gasteiger partial charge in [0.15, 0.2) is 0 Å². The van der Waals surface area contributed by atoms with Gasteiger partial charge in [-0.1, -0.05) is 12.1 Å². The Kier molecular flexibility index (Phi) is 4.63. The van der Waals surface area contributed by atoms with Crippen LogP contribution in [0.3, 0.4) is 0 Å². The zero-order chi connectivity index (χ0) is 11.1. The normalized spacial score (nSPS) is 9.73. The maximum Gasteiger partial charge on any atom is 0.222 e. The molecule has 0 aliphatic rings. The first-order valence-corrected chi connectivity index (χ1v) is 4.76. The molecule has 0 spiro atoms. The molecule has 0 atom stereocenters. The summed E-state index contributed by atoms with van der Waals surface area (Å²) < 4.78 is 5.01. The van der Waals surface area contributed by atoms with Crippen LogP contribution in [0.1, 0.15) is 12.0 Å². The largest absolute Gasteiger partial charge is 0.497 e. The van der Waals surface area contributed by atoms with Crippen LogP contribution >= 0.6 is 0 Å². The van der Waals surface area contributed by atoms with Gasteiger partial charge in [-0.15, -0.1) is 0 Å². The standard InChI is InChI=1S/C11H15NO3/c1-15-10-4-2-9(3-5-10)8-12-11(14)6-7-13/h2-5,13H,6-8H2,1H3,(H,12,14). The Hall–Kier alpha value is -1.55. The summed E-state index contributed by atoms with van der Waals surface area (Å²) in [7, 11) is 1.61. The molecule has 1 rings (SSSR count). The summed E-state index contributed by atoms with van der Waals surface area (Å²) in [5.41, 5.74) is 1.00. The van der Waals surface area contributed by atoms with E-state index in [-0.39, 0.29) is 18.9 Å². The van der Waals surface area contributed by atoms with Gasteiger partial charge in [0, 0.05) is 13.0 Å². The topological polar surface area (TPSA) is 58.6 Å². The summed E-state index contributed by atoms with van der Waals surface area (Å²) >= 11 is 0. The van der Waals surface area contributed by atoms with E-state index in [0.29, 0.717) is 6.54 Å². The van der Waals surface area contributed by atoms with E-state index in [1.54, 1.807) is 7.11 Å². The zero-order valence-electron chi connectivity index (χ0n) is 8.69. The Morgan fingerprint density at radius 2 is 2.07 bits per heavy atom. The number of benzene rings is 1. The lowest BCUT2D eigenvalue weighted by Crippen LogP contribution is -2.23. The molecule has 4 nitrogen and oxygen atoms in total. The molecule has 15 heavy (non-hydrogen) atoms. The summed E-state index contributed by atoms with van der Waals surface area (Å²) in [6, 6.07) is 7.46. The number of amides is 1. The van der Waals surface area contributed by atoms with Crippen LogP contribution in [-0.4, -0.2) is 24.7 Å². The second-order valence-electron chi connectivity index (χ2n) is 3.10. The van der Waals surface area contributed by atoms with Crippen molar-refractivity contribution in [3.05, 3.63) is 29.8 Å². The molecular formula is C11H15NO3. The predicted octanol–water partition coefficient (Wildman–Crippen LogP) is 0.694. The van der Waals surface area contributed by atoms with Crippen LogP contribution in [0.15, 0.2) is 24.3 Å². The van der Waals surface area contributed by atoms with E-state index in [9.17, 15) is 4.79 Å². The quantitative estimate of drug-likeness (QED) is 0.750. The van der Waals surface area contributed by atoms with Gasteiger partial charge in [0.05, 0.1) is 13.7 Å². The minimum atomic E-state index is -0.145. The van der Waals surface area contributed by atoms with Crippen molar-refractivity contribution in [1.82, 2.24) is 5.32 Å². The van der Waals surface area contributed by atoms with Crippen molar-refractivity contribution < 1.29 is 14.6 Å². The molecule has 0 aliphatic carbocycles. The van der Waals surface area contributed by atoms with Gasteiger partial charge < -0.3 is 15.2 Å². The van der Waals surface area contributed by atoms with Gasteiger partial charge >= 0.3 is 0 Å². The number of ether oxygens (including phenoxy) is 1. The second-order valence-corrected chi connectivity index (χ2v) is 3.10. The maximum absolute atomic E-state index is 11.0. The number of aliphatic hydroxyl groups is 1. The lowest BCUT2D eigenvalue weighted by atomic mass is 10.2. The Labute approximate surface area is 88.9 Å². The molecule has 4 heteroatoms. The molecule has 0 aromatic heterocycles. The summed E-state index contributed by atoms with van der Waals surface area (Å²) in [6.45, 7) is 0.358. The van der Waals surface area contributed by atoms with Gasteiger partial charge in [0.25, 0.3) is 0 Å². The minimum absolute atomic E-state index is 0.117. The van der Waals surface area contributed by atoms with Crippen molar-refractivity contribution >= 4 is 5.91 Å². The third kappa shape index (κ3) is 3.99. The first kappa shape index (κ1) is 11.5. The zero-order valence-corrected chi connectivity index (χ0v) is 8.69. The average Bonchev–Trinajstić information content (AvgIpc) is 2.27. The van der Waals surface area contributed by atoms with Gasteiger partial charge in [-0.3, -0.25) is 4.79 Å². The van der Waals surface area contributed by atoms with E-state index < -0.39 is 0 Å². The smallest absolute Gasteiger partial charge is 0.222 e. The summed E-state index contributed by atoms with van der Waals surface area (Å²) in [4.78, 5) is 11.0. The number of carbonyl (C=O) groups is 1. The van der Waals surface area contributed by atoms with Gasteiger partial charge in [0.2, 0.25) is 5.91 Å². The molecule has 1 amide bonds. The van der Waals surface area contributed by atoms with Crippen molar-refractivity contribution in [3.63, 3.8) is 0 Å². The first-order chi connectivity index (χ1) is 7.26. The van der Waals surface area contributed by atoms with Crippen LogP contribution in [0.4, 0.5) is 0 Å². The molecular weight excluding hydrogens is 194 g/mol. The summed E-state index contributed by atoms with van der Waals surface area (Å²) in [5, 5.41) is 11.2. The van der Waals surface area contributed by atoms with E-state index in [2.05, 4.69) is 5.32 Å². The van der Waals surface area contributed by atoms with Gasteiger partial charge in [0.1, 0.15) is 5.75 Å². The van der Waals surface area contributed by atoms with Crippen LogP contribution in [0.25, 0.3) is 0 Å². The molecule has 2 N–H and O–H groups in total. The Morgan fingerprint density at radius 3 is 2.60 bits per heavy atom. The average molecular weight is 209 g/mol. The number of nitrogens with one attached hydrogen (secondary N) is 1. The summed E-state index contributed by atoms with van der Waals surface area (Å²) in [6.07, 6.45) is 0.149. The van der Waals surface area contributed by atoms with Crippen molar-refractivity contribution in [2.24, 2.45) is 0 Å². The molecule has 0 radical (unpaired) electrons. The van der Waals surface area contributed by atoms with E-state index in [1.165, 1.54) is 0 Å². The Morgan fingerprint density at radius 1 is 1.40 bits per heavy atom. The van der Waals surface area contributed by atoms with E-state index >= 15 is 0 Å². The Bertz CT molecular complexity index is 308. The lowest BCUT2D eigenvalue weighted by Gasteiger charge is -2.05. The highest BCUT2D eigenvalue weighted by molar-refractivity contribution is 5.75. The van der Waals surface area contributed by atoms with E-state index in [1.807, 2.05) is 24.3 Å². The van der Waals surface area contributed by atoms with E-state index in [0.717, 1.165) is 11.3 Å². The highest BCUT2D eigenvalue weighted by Gasteiger charge is 1.99. The molecule has 0 fully saturated rings. The molecule has 0 saturated heterocycles. The van der Waals surface area contributed by atoms with Gasteiger partial charge in [-0.2, -0.15) is 0 Å². The number of carbonyl (C=O) groups excluding carboxylic acids is 1. The highest BCUT2D eigenvalue weighted by Crippen LogP contribution is 2.10. The third-order valence-corrected chi connectivity index (χ3v) is 1.99. The highest BCUT2D eigenvalue weighted by atomic mass is 16.5. The third-order valence-electron chi connectivity index (χ3n) is 1.99.